The van der Waals surface area contributed by atoms with Gasteiger partial charge >= 0.3 is 0 Å². The molecule has 1 aliphatic carbocycles. The molecule has 3 atom stereocenters. The highest BCUT2D eigenvalue weighted by molar-refractivity contribution is 4.75. The monoisotopic (exact) mass is 170 g/mol. The predicted octanol–water partition coefficient (Wildman–Crippen LogP) is 2.97. The quantitative estimate of drug-likeness (QED) is 0.690. The minimum Gasteiger partial charge on any atom is -0.393 e. The van der Waals surface area contributed by atoms with Crippen LogP contribution in [0.1, 0.15) is 52.4 Å². The molecule has 1 saturated carbocycles. The minimum atomic E-state index is -0.0952. The molecule has 12 heavy (non-hydrogen) atoms. The lowest BCUT2D eigenvalue weighted by Crippen LogP contribution is -2.22. The Kier molecular flexibility index (Phi) is 4.07. The van der Waals surface area contributed by atoms with E-state index in [1.54, 1.807) is 0 Å². The third kappa shape index (κ3) is 2.78. The van der Waals surface area contributed by atoms with E-state index in [-0.39, 0.29) is 6.10 Å². The zero-order chi connectivity index (χ0) is 8.97. The van der Waals surface area contributed by atoms with Crippen molar-refractivity contribution in [3.05, 3.63) is 0 Å². The summed E-state index contributed by atoms with van der Waals surface area (Å²) < 4.78 is 0. The molecule has 0 aromatic heterocycles. The standard InChI is InChI=1S/C11H22O/c1-3-10-6-4-5-7-11(10)8-9(2)12/h9-12H,3-8H2,1-2H3. The molecule has 0 heterocycles. The molecule has 0 aromatic carbocycles. The van der Waals surface area contributed by atoms with Crippen LogP contribution in [0.5, 0.6) is 0 Å². The Morgan fingerprint density at radius 2 is 1.83 bits per heavy atom. The van der Waals surface area contributed by atoms with E-state index in [1.165, 1.54) is 32.1 Å². The first-order valence-corrected chi connectivity index (χ1v) is 5.42. The minimum absolute atomic E-state index is 0.0952. The lowest BCUT2D eigenvalue weighted by atomic mass is 9.75. The molecule has 1 heteroatoms. The van der Waals surface area contributed by atoms with Gasteiger partial charge in [-0.1, -0.05) is 39.0 Å². The van der Waals surface area contributed by atoms with Gasteiger partial charge < -0.3 is 5.11 Å². The van der Waals surface area contributed by atoms with E-state index in [0.29, 0.717) is 0 Å². The molecule has 0 spiro atoms. The molecule has 1 aliphatic rings. The van der Waals surface area contributed by atoms with Gasteiger partial charge in [0, 0.05) is 0 Å². The fourth-order valence-corrected chi connectivity index (χ4v) is 2.57. The molecule has 1 fully saturated rings. The second-order valence-electron chi connectivity index (χ2n) is 4.30. The molecule has 0 radical (unpaired) electrons. The van der Waals surface area contributed by atoms with Crippen molar-refractivity contribution in [3.8, 4) is 0 Å². The van der Waals surface area contributed by atoms with Crippen molar-refractivity contribution in [2.24, 2.45) is 11.8 Å². The van der Waals surface area contributed by atoms with Gasteiger partial charge in [-0.05, 0) is 25.2 Å². The number of aliphatic hydroxyl groups is 1. The van der Waals surface area contributed by atoms with E-state index in [9.17, 15) is 5.11 Å². The average molecular weight is 170 g/mol. The molecule has 0 amide bonds. The van der Waals surface area contributed by atoms with E-state index in [2.05, 4.69) is 6.92 Å². The summed E-state index contributed by atoms with van der Waals surface area (Å²) in [6.45, 7) is 4.20. The van der Waals surface area contributed by atoms with Crippen molar-refractivity contribution >= 4 is 0 Å². The van der Waals surface area contributed by atoms with Crippen LogP contribution in [0.15, 0.2) is 0 Å². The van der Waals surface area contributed by atoms with Gasteiger partial charge in [0.1, 0.15) is 0 Å². The van der Waals surface area contributed by atoms with Gasteiger partial charge in [-0.15, -0.1) is 0 Å². The number of rotatable bonds is 3. The summed E-state index contributed by atoms with van der Waals surface area (Å²) in [7, 11) is 0. The first-order valence-electron chi connectivity index (χ1n) is 5.42. The Morgan fingerprint density at radius 1 is 1.25 bits per heavy atom. The molecule has 1 rings (SSSR count). The lowest BCUT2D eigenvalue weighted by molar-refractivity contribution is 0.116. The van der Waals surface area contributed by atoms with Crippen LogP contribution in [-0.4, -0.2) is 11.2 Å². The molecule has 3 unspecified atom stereocenters. The van der Waals surface area contributed by atoms with Crippen molar-refractivity contribution in [2.45, 2.75) is 58.5 Å². The summed E-state index contributed by atoms with van der Waals surface area (Å²) in [5, 5.41) is 9.32. The van der Waals surface area contributed by atoms with Crippen LogP contribution >= 0.6 is 0 Å². The fourth-order valence-electron chi connectivity index (χ4n) is 2.57. The zero-order valence-corrected chi connectivity index (χ0v) is 8.42. The highest BCUT2D eigenvalue weighted by Crippen LogP contribution is 2.34. The van der Waals surface area contributed by atoms with Crippen LogP contribution in [0, 0.1) is 11.8 Å². The summed E-state index contributed by atoms with van der Waals surface area (Å²) in [6.07, 6.45) is 7.78. The molecule has 0 saturated heterocycles. The molecule has 1 nitrogen and oxygen atoms in total. The summed E-state index contributed by atoms with van der Waals surface area (Å²) in [4.78, 5) is 0. The molecule has 0 aromatic rings. The molecule has 0 bridgehead atoms. The summed E-state index contributed by atoms with van der Waals surface area (Å²) >= 11 is 0. The summed E-state index contributed by atoms with van der Waals surface area (Å²) in [5.41, 5.74) is 0. The van der Waals surface area contributed by atoms with Gasteiger partial charge in [0.25, 0.3) is 0 Å². The molecular weight excluding hydrogens is 148 g/mol. The fraction of sp³-hybridized carbons (Fsp3) is 1.00. The SMILES string of the molecule is CCC1CCCCC1CC(C)O. The van der Waals surface area contributed by atoms with Crippen molar-refractivity contribution in [1.29, 1.82) is 0 Å². The topological polar surface area (TPSA) is 20.2 Å². The van der Waals surface area contributed by atoms with Crippen LogP contribution < -0.4 is 0 Å². The van der Waals surface area contributed by atoms with Gasteiger partial charge in [0.2, 0.25) is 0 Å². The molecular formula is C11H22O. The second kappa shape index (κ2) is 4.86. The predicted molar refractivity (Wildman–Crippen MR) is 52.0 cm³/mol. The first kappa shape index (κ1) is 10.0. The highest BCUT2D eigenvalue weighted by atomic mass is 16.3. The smallest absolute Gasteiger partial charge is 0.0514 e. The number of aliphatic hydroxyl groups excluding tert-OH is 1. The number of hydrogen-bond acceptors (Lipinski definition) is 1. The van der Waals surface area contributed by atoms with Gasteiger partial charge in [-0.2, -0.15) is 0 Å². The maximum absolute atomic E-state index is 9.32. The van der Waals surface area contributed by atoms with Gasteiger partial charge in [-0.25, -0.2) is 0 Å². The van der Waals surface area contributed by atoms with E-state index in [4.69, 9.17) is 0 Å². The highest BCUT2D eigenvalue weighted by Gasteiger charge is 2.24. The Bertz CT molecular complexity index is 120. The normalized spacial score (nSPS) is 33.2. The van der Waals surface area contributed by atoms with Crippen LogP contribution in [-0.2, 0) is 0 Å². The Balaban J connectivity index is 2.36. The van der Waals surface area contributed by atoms with Crippen molar-refractivity contribution in [2.75, 3.05) is 0 Å². The van der Waals surface area contributed by atoms with Crippen molar-refractivity contribution < 1.29 is 5.11 Å². The lowest BCUT2D eigenvalue weighted by Gasteiger charge is -2.31. The second-order valence-corrected chi connectivity index (χ2v) is 4.30. The van der Waals surface area contributed by atoms with Gasteiger partial charge in [-0.3, -0.25) is 0 Å². The molecule has 0 aliphatic heterocycles. The van der Waals surface area contributed by atoms with Crippen LogP contribution in [0.2, 0.25) is 0 Å². The van der Waals surface area contributed by atoms with Crippen LogP contribution in [0.4, 0.5) is 0 Å². The van der Waals surface area contributed by atoms with E-state index in [0.717, 1.165) is 18.3 Å². The van der Waals surface area contributed by atoms with Gasteiger partial charge in [0.05, 0.1) is 6.10 Å². The van der Waals surface area contributed by atoms with Crippen molar-refractivity contribution in [1.82, 2.24) is 0 Å². The Hall–Kier alpha value is -0.0400. The first-order chi connectivity index (χ1) is 5.74. The van der Waals surface area contributed by atoms with Gasteiger partial charge in [0.15, 0.2) is 0 Å². The number of hydrogen-bond donors (Lipinski definition) is 1. The van der Waals surface area contributed by atoms with E-state index < -0.39 is 0 Å². The molecule has 72 valence electrons. The summed E-state index contributed by atoms with van der Waals surface area (Å²) in [5.74, 6) is 1.71. The van der Waals surface area contributed by atoms with Crippen LogP contribution in [0.3, 0.4) is 0 Å². The average Bonchev–Trinajstić information content (AvgIpc) is 2.04. The summed E-state index contributed by atoms with van der Waals surface area (Å²) in [6, 6.07) is 0. The Morgan fingerprint density at radius 3 is 2.33 bits per heavy atom. The third-order valence-electron chi connectivity index (χ3n) is 3.23. The zero-order valence-electron chi connectivity index (χ0n) is 8.42. The largest absolute Gasteiger partial charge is 0.393 e. The molecule has 1 N–H and O–H groups in total. The van der Waals surface area contributed by atoms with E-state index in [1.807, 2.05) is 6.92 Å². The van der Waals surface area contributed by atoms with Crippen molar-refractivity contribution in [3.63, 3.8) is 0 Å². The maximum Gasteiger partial charge on any atom is 0.0514 e. The maximum atomic E-state index is 9.32. The van der Waals surface area contributed by atoms with E-state index >= 15 is 0 Å². The third-order valence-corrected chi connectivity index (χ3v) is 3.23. The van der Waals surface area contributed by atoms with Crippen LogP contribution in [0.25, 0.3) is 0 Å². The Labute approximate surface area is 76.2 Å².